The second-order valence-electron chi connectivity index (χ2n) is 2.49. The van der Waals surface area contributed by atoms with Crippen molar-refractivity contribution in [1.29, 1.82) is 0 Å². The van der Waals surface area contributed by atoms with Gasteiger partial charge < -0.3 is 4.74 Å². The fourth-order valence-corrected chi connectivity index (χ4v) is 1.87. The van der Waals surface area contributed by atoms with Gasteiger partial charge >= 0.3 is 0 Å². The van der Waals surface area contributed by atoms with E-state index < -0.39 is 0 Å². The second-order valence-corrected chi connectivity index (χ2v) is 4.26. The Balaban J connectivity index is 2.42. The maximum absolute atomic E-state index is 5.18. The van der Waals surface area contributed by atoms with E-state index >= 15 is 0 Å². The highest BCUT2D eigenvalue weighted by Gasteiger charge is 2.26. The third-order valence-electron chi connectivity index (χ3n) is 1.64. The van der Waals surface area contributed by atoms with Crippen molar-refractivity contribution in [3.8, 4) is 0 Å². The molecule has 0 amide bonds. The Bertz CT molecular complexity index is 281. The molecular weight excluding hydrogens is 272 g/mol. The van der Waals surface area contributed by atoms with E-state index in [2.05, 4.69) is 37.9 Å². The number of hydrogen-bond acceptors (Lipinski definition) is 1. The lowest BCUT2D eigenvalue weighted by molar-refractivity contribution is 0.415. The Labute approximate surface area is 82.0 Å². The molecule has 0 aliphatic carbocycles. The van der Waals surface area contributed by atoms with Crippen molar-refractivity contribution in [3.05, 3.63) is 32.7 Å². The summed E-state index contributed by atoms with van der Waals surface area (Å²) < 4.78 is 7.41. The normalized spacial score (nSPS) is 21.8. The Hall–Kier alpha value is 0.140. The summed E-state index contributed by atoms with van der Waals surface area (Å²) in [6.45, 7) is 0.856. The molecule has 1 aromatic carbocycles. The van der Waals surface area contributed by atoms with Crippen LogP contribution in [0.2, 0.25) is 0 Å². The van der Waals surface area contributed by atoms with Crippen molar-refractivity contribution in [2.24, 2.45) is 0 Å². The summed E-state index contributed by atoms with van der Waals surface area (Å²) in [6.07, 6.45) is 0.321. The quantitative estimate of drug-likeness (QED) is 0.718. The van der Waals surface area contributed by atoms with Crippen LogP contribution in [0.25, 0.3) is 0 Å². The van der Waals surface area contributed by atoms with E-state index in [4.69, 9.17) is 4.74 Å². The standard InChI is InChI=1S/C8H6Br2O/c9-5-1-2-7(10)6(3-5)8-4-11-8/h1-3,8H,4H2. The van der Waals surface area contributed by atoms with Crippen LogP contribution in [0.5, 0.6) is 0 Å². The predicted octanol–water partition coefficient (Wildman–Crippen LogP) is 3.28. The summed E-state index contributed by atoms with van der Waals surface area (Å²) in [4.78, 5) is 0. The molecule has 0 bridgehead atoms. The van der Waals surface area contributed by atoms with Crippen LogP contribution in [0.3, 0.4) is 0 Å². The highest BCUT2D eigenvalue weighted by atomic mass is 79.9. The van der Waals surface area contributed by atoms with Gasteiger partial charge in [-0.25, -0.2) is 0 Å². The first-order chi connectivity index (χ1) is 5.27. The van der Waals surface area contributed by atoms with Crippen molar-refractivity contribution >= 4 is 31.9 Å². The number of rotatable bonds is 1. The number of halogens is 2. The van der Waals surface area contributed by atoms with E-state index in [9.17, 15) is 0 Å². The molecule has 0 radical (unpaired) electrons. The van der Waals surface area contributed by atoms with Gasteiger partial charge in [0.05, 0.1) is 6.61 Å². The van der Waals surface area contributed by atoms with Crippen molar-refractivity contribution in [2.75, 3.05) is 6.61 Å². The Kier molecular flexibility index (Phi) is 2.04. The molecule has 2 rings (SSSR count). The van der Waals surface area contributed by atoms with Gasteiger partial charge in [0.2, 0.25) is 0 Å². The average Bonchev–Trinajstić information content (AvgIpc) is 2.76. The molecule has 1 atom stereocenters. The first-order valence-corrected chi connectivity index (χ1v) is 4.92. The highest BCUT2D eigenvalue weighted by molar-refractivity contribution is 9.11. The largest absolute Gasteiger partial charge is 0.368 e. The molecule has 1 heterocycles. The van der Waals surface area contributed by atoms with Gasteiger partial charge in [0.25, 0.3) is 0 Å². The molecule has 1 saturated heterocycles. The lowest BCUT2D eigenvalue weighted by Crippen LogP contribution is -1.82. The zero-order chi connectivity index (χ0) is 7.84. The Morgan fingerprint density at radius 1 is 1.36 bits per heavy atom. The maximum atomic E-state index is 5.18. The predicted molar refractivity (Wildman–Crippen MR) is 50.5 cm³/mol. The zero-order valence-corrected chi connectivity index (χ0v) is 8.85. The summed E-state index contributed by atoms with van der Waals surface area (Å²) in [6, 6.07) is 6.12. The van der Waals surface area contributed by atoms with Gasteiger partial charge in [-0.05, 0) is 23.8 Å². The van der Waals surface area contributed by atoms with Gasteiger partial charge in [0.15, 0.2) is 0 Å². The molecule has 3 heteroatoms. The van der Waals surface area contributed by atoms with Gasteiger partial charge in [-0.3, -0.25) is 0 Å². The molecule has 58 valence electrons. The molecule has 1 aromatic rings. The maximum Gasteiger partial charge on any atom is 0.107 e. The van der Waals surface area contributed by atoms with Crippen molar-refractivity contribution in [1.82, 2.24) is 0 Å². The summed E-state index contributed by atoms with van der Waals surface area (Å²) in [5.41, 5.74) is 1.24. The smallest absolute Gasteiger partial charge is 0.107 e. The van der Waals surface area contributed by atoms with Crippen LogP contribution in [0.4, 0.5) is 0 Å². The van der Waals surface area contributed by atoms with Crippen molar-refractivity contribution < 1.29 is 4.74 Å². The van der Waals surface area contributed by atoms with Gasteiger partial charge in [-0.1, -0.05) is 31.9 Å². The molecule has 1 fully saturated rings. The SMILES string of the molecule is Brc1ccc(Br)c(C2CO2)c1. The van der Waals surface area contributed by atoms with E-state index in [0.717, 1.165) is 15.6 Å². The number of hydrogen-bond donors (Lipinski definition) is 0. The van der Waals surface area contributed by atoms with Gasteiger partial charge in [-0.15, -0.1) is 0 Å². The molecule has 1 aliphatic heterocycles. The van der Waals surface area contributed by atoms with E-state index in [0.29, 0.717) is 6.10 Å². The van der Waals surface area contributed by atoms with Crippen LogP contribution in [-0.2, 0) is 4.74 Å². The monoisotopic (exact) mass is 276 g/mol. The van der Waals surface area contributed by atoms with Crippen LogP contribution in [-0.4, -0.2) is 6.61 Å². The highest BCUT2D eigenvalue weighted by Crippen LogP contribution is 2.36. The van der Waals surface area contributed by atoms with Crippen LogP contribution >= 0.6 is 31.9 Å². The number of ether oxygens (including phenoxy) is 1. The molecule has 0 N–H and O–H groups in total. The van der Waals surface area contributed by atoms with Crippen LogP contribution in [0.15, 0.2) is 27.1 Å². The van der Waals surface area contributed by atoms with E-state index in [1.54, 1.807) is 0 Å². The minimum atomic E-state index is 0.321. The van der Waals surface area contributed by atoms with Gasteiger partial charge in [0.1, 0.15) is 6.10 Å². The minimum Gasteiger partial charge on any atom is -0.368 e. The molecule has 1 aliphatic rings. The molecule has 1 nitrogen and oxygen atoms in total. The molecule has 11 heavy (non-hydrogen) atoms. The Morgan fingerprint density at radius 3 is 2.73 bits per heavy atom. The molecule has 1 unspecified atom stereocenters. The number of benzene rings is 1. The van der Waals surface area contributed by atoms with Crippen molar-refractivity contribution in [2.45, 2.75) is 6.10 Å². The zero-order valence-electron chi connectivity index (χ0n) is 5.68. The minimum absolute atomic E-state index is 0.321. The van der Waals surface area contributed by atoms with E-state index in [1.165, 1.54) is 5.56 Å². The Morgan fingerprint density at radius 2 is 2.09 bits per heavy atom. The summed E-state index contributed by atoms with van der Waals surface area (Å²) in [5.74, 6) is 0. The molecule has 0 aromatic heterocycles. The molecule has 0 saturated carbocycles. The fourth-order valence-electron chi connectivity index (χ4n) is 0.989. The number of epoxide rings is 1. The molecular formula is C8H6Br2O. The average molecular weight is 278 g/mol. The fraction of sp³-hybridized carbons (Fsp3) is 0.250. The van der Waals surface area contributed by atoms with Crippen molar-refractivity contribution in [3.63, 3.8) is 0 Å². The first-order valence-electron chi connectivity index (χ1n) is 3.34. The third-order valence-corrected chi connectivity index (χ3v) is 2.85. The lowest BCUT2D eigenvalue weighted by atomic mass is 10.2. The van der Waals surface area contributed by atoms with Crippen LogP contribution in [0, 0.1) is 0 Å². The molecule has 0 spiro atoms. The summed E-state index contributed by atoms with van der Waals surface area (Å²) in [5, 5.41) is 0. The third kappa shape index (κ3) is 1.66. The summed E-state index contributed by atoms with van der Waals surface area (Å²) >= 11 is 6.89. The van der Waals surface area contributed by atoms with Crippen LogP contribution in [0.1, 0.15) is 11.7 Å². The van der Waals surface area contributed by atoms with E-state index in [-0.39, 0.29) is 0 Å². The second kappa shape index (κ2) is 2.88. The van der Waals surface area contributed by atoms with E-state index in [1.807, 2.05) is 12.1 Å². The lowest BCUT2D eigenvalue weighted by Gasteiger charge is -1.99. The van der Waals surface area contributed by atoms with Gasteiger partial charge in [-0.2, -0.15) is 0 Å². The first kappa shape index (κ1) is 7.77. The van der Waals surface area contributed by atoms with Crippen LogP contribution < -0.4 is 0 Å². The van der Waals surface area contributed by atoms with Gasteiger partial charge in [0, 0.05) is 8.95 Å². The topological polar surface area (TPSA) is 12.5 Å². The summed E-state index contributed by atoms with van der Waals surface area (Å²) in [7, 11) is 0.